The number of hydrogen-bond acceptors (Lipinski definition) is 5. The molecule has 0 aliphatic carbocycles. The number of anilines is 1. The molecule has 0 fully saturated rings. The third-order valence-electron chi connectivity index (χ3n) is 2.32. The molecule has 0 atom stereocenters. The van der Waals surface area contributed by atoms with Gasteiger partial charge in [0.2, 0.25) is 0 Å². The Morgan fingerprint density at radius 1 is 1.42 bits per heavy atom. The van der Waals surface area contributed by atoms with Crippen molar-refractivity contribution in [2.24, 2.45) is 0 Å². The molecule has 2 rings (SSSR count). The lowest BCUT2D eigenvalue weighted by molar-refractivity contribution is 0.600. The van der Waals surface area contributed by atoms with Crippen molar-refractivity contribution in [1.82, 2.24) is 10.3 Å². The topological polar surface area (TPSA) is 71.1 Å². The Balaban J connectivity index is 2.30. The second kappa shape index (κ2) is 6.00. The van der Waals surface area contributed by atoms with Crippen LogP contribution in [0.4, 0.5) is 5.13 Å². The Morgan fingerprint density at radius 2 is 2.21 bits per heavy atom. The predicted octanol–water partition coefficient (Wildman–Crippen LogP) is 2.43. The van der Waals surface area contributed by atoms with Gasteiger partial charge in [-0.05, 0) is 40.7 Å². The number of thiazole rings is 1. The van der Waals surface area contributed by atoms with Gasteiger partial charge in [0.15, 0.2) is 5.13 Å². The summed E-state index contributed by atoms with van der Waals surface area (Å²) in [6.45, 7) is 0.679. The normalized spacial score (nSPS) is 11.5. The average Bonchev–Trinajstić information content (AvgIpc) is 2.81. The molecule has 0 amide bonds. The van der Waals surface area contributed by atoms with Crippen molar-refractivity contribution in [3.05, 3.63) is 39.8 Å². The number of hydrogen-bond donors (Lipinski definition) is 2. The van der Waals surface area contributed by atoms with Crippen molar-refractivity contribution < 1.29 is 8.42 Å². The van der Waals surface area contributed by atoms with Gasteiger partial charge in [-0.15, -0.1) is 11.3 Å². The number of benzene rings is 1. The minimum Gasteiger partial charge on any atom is -0.316 e. The molecule has 8 heteroatoms. The van der Waals surface area contributed by atoms with Gasteiger partial charge in [-0.25, -0.2) is 13.4 Å². The molecule has 19 heavy (non-hydrogen) atoms. The number of nitrogens with one attached hydrogen (secondary N) is 2. The summed E-state index contributed by atoms with van der Waals surface area (Å²) in [4.78, 5) is 4.10. The lowest BCUT2D eigenvalue weighted by Crippen LogP contribution is -2.14. The maximum absolute atomic E-state index is 12.2. The fraction of sp³-hybridized carbons (Fsp3) is 0.182. The van der Waals surface area contributed by atoms with E-state index >= 15 is 0 Å². The quantitative estimate of drug-likeness (QED) is 0.857. The first-order chi connectivity index (χ1) is 9.03. The molecule has 0 radical (unpaired) electrons. The molecule has 0 aliphatic heterocycles. The van der Waals surface area contributed by atoms with E-state index < -0.39 is 10.0 Å². The number of aromatic nitrogens is 1. The van der Waals surface area contributed by atoms with Gasteiger partial charge in [0.05, 0.1) is 0 Å². The minimum atomic E-state index is -3.61. The molecule has 0 saturated heterocycles. The summed E-state index contributed by atoms with van der Waals surface area (Å²) in [7, 11) is -1.78. The maximum atomic E-state index is 12.2. The number of halogens is 1. The molecule has 1 aromatic heterocycles. The van der Waals surface area contributed by atoms with E-state index in [-0.39, 0.29) is 4.90 Å². The monoisotopic (exact) mass is 361 g/mol. The van der Waals surface area contributed by atoms with Gasteiger partial charge >= 0.3 is 0 Å². The van der Waals surface area contributed by atoms with E-state index in [4.69, 9.17) is 0 Å². The Morgan fingerprint density at radius 3 is 2.79 bits per heavy atom. The van der Waals surface area contributed by atoms with Crippen LogP contribution in [0.2, 0.25) is 0 Å². The second-order valence-electron chi connectivity index (χ2n) is 3.74. The lowest BCUT2D eigenvalue weighted by Gasteiger charge is -2.09. The standard InChI is InChI=1S/C11H12BrN3O2S2/c1-13-7-8-2-3-10(9(12)6-8)19(16,17)15-11-14-4-5-18-11/h2-6,13H,7H2,1H3,(H,14,15). The number of sulfonamides is 1. The largest absolute Gasteiger partial charge is 0.316 e. The summed E-state index contributed by atoms with van der Waals surface area (Å²) < 4.78 is 27.4. The van der Waals surface area contributed by atoms with E-state index in [1.54, 1.807) is 29.8 Å². The molecule has 0 bridgehead atoms. The average molecular weight is 362 g/mol. The Kier molecular flexibility index (Phi) is 4.56. The number of rotatable bonds is 5. The van der Waals surface area contributed by atoms with Crippen molar-refractivity contribution in [2.45, 2.75) is 11.4 Å². The fourth-order valence-corrected chi connectivity index (χ4v) is 4.43. The predicted molar refractivity (Wildman–Crippen MR) is 79.8 cm³/mol. The van der Waals surface area contributed by atoms with Crippen molar-refractivity contribution in [2.75, 3.05) is 11.8 Å². The molecule has 5 nitrogen and oxygen atoms in total. The molecule has 0 unspecified atom stereocenters. The molecule has 2 N–H and O–H groups in total. The van der Waals surface area contributed by atoms with E-state index in [1.165, 1.54) is 11.3 Å². The van der Waals surface area contributed by atoms with Crippen molar-refractivity contribution in [3.63, 3.8) is 0 Å². The Bertz CT molecular complexity index is 657. The highest BCUT2D eigenvalue weighted by molar-refractivity contribution is 9.10. The summed E-state index contributed by atoms with van der Waals surface area (Å²) >= 11 is 4.53. The van der Waals surface area contributed by atoms with Crippen LogP contribution in [0.3, 0.4) is 0 Å². The van der Waals surface area contributed by atoms with E-state index in [1.807, 2.05) is 7.05 Å². The van der Waals surface area contributed by atoms with Gasteiger partial charge in [-0.2, -0.15) is 0 Å². The molecule has 0 spiro atoms. The van der Waals surface area contributed by atoms with Gasteiger partial charge in [-0.3, -0.25) is 4.72 Å². The third kappa shape index (κ3) is 3.53. The Labute approximate surface area is 124 Å². The van der Waals surface area contributed by atoms with Crippen molar-refractivity contribution >= 4 is 42.4 Å². The molecule has 1 aromatic carbocycles. The summed E-state index contributed by atoms with van der Waals surface area (Å²) in [6, 6.07) is 5.14. The first-order valence-corrected chi connectivity index (χ1v) is 8.54. The first kappa shape index (κ1) is 14.4. The summed E-state index contributed by atoms with van der Waals surface area (Å²) in [5, 5.41) is 5.08. The number of nitrogens with zero attached hydrogens (tertiary/aromatic N) is 1. The van der Waals surface area contributed by atoms with Gasteiger partial charge in [-0.1, -0.05) is 6.07 Å². The Hall–Kier alpha value is -0.960. The van der Waals surface area contributed by atoms with Gasteiger partial charge in [0.25, 0.3) is 10.0 Å². The van der Waals surface area contributed by atoms with Crippen LogP contribution < -0.4 is 10.0 Å². The van der Waals surface area contributed by atoms with E-state index in [0.29, 0.717) is 16.1 Å². The van der Waals surface area contributed by atoms with Crippen LogP contribution in [0, 0.1) is 0 Å². The van der Waals surface area contributed by atoms with Crippen LogP contribution in [0.1, 0.15) is 5.56 Å². The molecule has 0 saturated carbocycles. The summed E-state index contributed by atoms with van der Waals surface area (Å²) in [6.07, 6.45) is 1.55. The van der Waals surface area contributed by atoms with Crippen LogP contribution in [0.15, 0.2) is 39.1 Å². The lowest BCUT2D eigenvalue weighted by atomic mass is 10.2. The molecule has 0 aliphatic rings. The van der Waals surface area contributed by atoms with Crippen LogP contribution in [0.25, 0.3) is 0 Å². The van der Waals surface area contributed by atoms with Gasteiger partial charge in [0.1, 0.15) is 4.90 Å². The van der Waals surface area contributed by atoms with E-state index in [9.17, 15) is 8.42 Å². The molecule has 1 heterocycles. The van der Waals surface area contributed by atoms with Crippen molar-refractivity contribution in [3.8, 4) is 0 Å². The molecule has 2 aromatic rings. The van der Waals surface area contributed by atoms with Crippen LogP contribution in [-0.2, 0) is 16.6 Å². The third-order valence-corrected chi connectivity index (χ3v) is 5.45. The highest BCUT2D eigenvalue weighted by atomic mass is 79.9. The zero-order chi connectivity index (χ0) is 13.9. The van der Waals surface area contributed by atoms with E-state index in [0.717, 1.165) is 5.56 Å². The summed E-state index contributed by atoms with van der Waals surface area (Å²) in [5.41, 5.74) is 1.00. The fourth-order valence-electron chi connectivity index (χ4n) is 1.52. The maximum Gasteiger partial charge on any atom is 0.264 e. The minimum absolute atomic E-state index is 0.197. The van der Waals surface area contributed by atoms with Gasteiger partial charge < -0.3 is 5.32 Å². The zero-order valence-corrected chi connectivity index (χ0v) is 13.3. The molecule has 102 valence electrons. The SMILES string of the molecule is CNCc1ccc(S(=O)(=O)Nc2nccs2)c(Br)c1. The molecular formula is C11H12BrN3O2S2. The first-order valence-electron chi connectivity index (χ1n) is 5.38. The highest BCUT2D eigenvalue weighted by Crippen LogP contribution is 2.26. The van der Waals surface area contributed by atoms with Crippen LogP contribution >= 0.6 is 27.3 Å². The second-order valence-corrected chi connectivity index (χ2v) is 7.14. The molecular weight excluding hydrogens is 350 g/mol. The van der Waals surface area contributed by atoms with Crippen molar-refractivity contribution in [1.29, 1.82) is 0 Å². The van der Waals surface area contributed by atoms with Crippen LogP contribution in [0.5, 0.6) is 0 Å². The summed E-state index contributed by atoms with van der Waals surface area (Å²) in [5.74, 6) is 0. The van der Waals surface area contributed by atoms with Gasteiger partial charge in [0, 0.05) is 22.6 Å². The van der Waals surface area contributed by atoms with Crippen LogP contribution in [-0.4, -0.2) is 20.4 Å². The zero-order valence-electron chi connectivity index (χ0n) is 10.1. The highest BCUT2D eigenvalue weighted by Gasteiger charge is 2.18. The van der Waals surface area contributed by atoms with E-state index in [2.05, 4.69) is 31.0 Å². The smallest absolute Gasteiger partial charge is 0.264 e.